The summed E-state index contributed by atoms with van der Waals surface area (Å²) in [6.07, 6.45) is 3.93. The van der Waals surface area contributed by atoms with Crippen LogP contribution in [-0.2, 0) is 13.0 Å². The van der Waals surface area contributed by atoms with Gasteiger partial charge in [0, 0.05) is 12.0 Å². The Labute approximate surface area is 156 Å². The Hall–Kier alpha value is -1.42. The zero-order chi connectivity index (χ0) is 16.5. The van der Waals surface area contributed by atoms with Crippen LogP contribution in [0.25, 0.3) is 0 Å². The average molecular weight is 390 g/mol. The Morgan fingerprint density at radius 1 is 1.00 bits per heavy atom. The highest BCUT2D eigenvalue weighted by Gasteiger charge is 2.31. The number of hydrogen-bond acceptors (Lipinski definition) is 1. The molecule has 24 heavy (non-hydrogen) atoms. The molecule has 0 fully saturated rings. The topological polar surface area (TPSA) is 20.2 Å². The summed E-state index contributed by atoms with van der Waals surface area (Å²) in [5, 5.41) is 9.99. The van der Waals surface area contributed by atoms with Gasteiger partial charge in [-0.25, -0.2) is 0 Å². The number of halogens is 1. The van der Waals surface area contributed by atoms with E-state index in [2.05, 4.69) is 62.2 Å². The molecule has 0 heterocycles. The zero-order valence-corrected chi connectivity index (χ0v) is 16.0. The minimum atomic E-state index is 0. The Morgan fingerprint density at radius 3 is 2.04 bits per heavy atom. The first-order chi connectivity index (χ1) is 11.2. The van der Waals surface area contributed by atoms with Gasteiger partial charge in [-0.1, -0.05) is 67.2 Å². The molecule has 0 spiro atoms. The third kappa shape index (κ3) is 5.90. The fourth-order valence-electron chi connectivity index (χ4n) is 3.22. The predicted molar refractivity (Wildman–Crippen MR) is 97.0 cm³/mol. The van der Waals surface area contributed by atoms with Crippen molar-refractivity contribution in [1.82, 2.24) is 0 Å². The number of quaternary nitrogens is 1. The molecule has 130 valence electrons. The summed E-state index contributed by atoms with van der Waals surface area (Å²) < 4.78 is 0.789. The molecule has 2 nitrogen and oxygen atoms in total. The number of aliphatic hydroxyl groups excluding tert-OH is 1. The van der Waals surface area contributed by atoms with Crippen molar-refractivity contribution in [3.05, 3.63) is 84.4 Å². The van der Waals surface area contributed by atoms with Crippen LogP contribution in [0.5, 0.6) is 0 Å². The molecule has 1 N–H and O–H groups in total. The van der Waals surface area contributed by atoms with E-state index >= 15 is 0 Å². The largest absolute Gasteiger partial charge is 1.00 e. The molecule has 2 aromatic rings. The molecule has 3 heteroatoms. The molecule has 2 rings (SSSR count). The summed E-state index contributed by atoms with van der Waals surface area (Å²) in [4.78, 5) is 0. The number of aryl methyl sites for hydroxylation is 1. The van der Waals surface area contributed by atoms with E-state index in [0.29, 0.717) is 0 Å². The van der Waals surface area contributed by atoms with Gasteiger partial charge in [0.2, 0.25) is 0 Å². The van der Waals surface area contributed by atoms with Crippen molar-refractivity contribution in [3.8, 4) is 0 Å². The summed E-state index contributed by atoms with van der Waals surface area (Å²) in [5.41, 5.74) is 2.63. The van der Waals surface area contributed by atoms with Gasteiger partial charge in [0.15, 0.2) is 0 Å². The molecular formula is C21H28BrNO. The lowest BCUT2D eigenvalue weighted by atomic mass is 10.0. The number of benzene rings is 2. The molecule has 0 saturated heterocycles. The van der Waals surface area contributed by atoms with Crippen molar-refractivity contribution in [2.75, 3.05) is 20.2 Å². The van der Waals surface area contributed by atoms with E-state index in [4.69, 9.17) is 0 Å². The minimum Gasteiger partial charge on any atom is -1.00 e. The maximum absolute atomic E-state index is 9.99. The van der Waals surface area contributed by atoms with Gasteiger partial charge in [-0.05, 0) is 18.1 Å². The van der Waals surface area contributed by atoms with Gasteiger partial charge in [-0.2, -0.15) is 0 Å². The molecule has 0 saturated carbocycles. The van der Waals surface area contributed by atoms with Crippen LogP contribution >= 0.6 is 0 Å². The highest BCUT2D eigenvalue weighted by molar-refractivity contribution is 5.15. The Balaban J connectivity index is 0.00000288. The number of likely N-dealkylation sites (N-methyl/N-ethyl adjacent to an activating group) is 1. The normalized spacial score (nSPS) is 14.2. The number of nitrogens with zero attached hydrogens (tertiary/aromatic N) is 1. The van der Waals surface area contributed by atoms with E-state index in [1.807, 2.05) is 18.2 Å². The van der Waals surface area contributed by atoms with Crippen molar-refractivity contribution >= 4 is 0 Å². The fourth-order valence-corrected chi connectivity index (χ4v) is 3.22. The molecule has 0 aromatic heterocycles. The molecule has 0 radical (unpaired) electrons. The molecular weight excluding hydrogens is 362 g/mol. The highest BCUT2D eigenvalue weighted by Crippen LogP contribution is 2.21. The van der Waals surface area contributed by atoms with Gasteiger partial charge in [0.05, 0.1) is 20.2 Å². The van der Waals surface area contributed by atoms with Gasteiger partial charge >= 0.3 is 0 Å². The highest BCUT2D eigenvalue weighted by atomic mass is 79.9. The van der Waals surface area contributed by atoms with Crippen molar-refractivity contribution < 1.29 is 26.6 Å². The molecule has 0 amide bonds. The summed E-state index contributed by atoms with van der Waals surface area (Å²) in [6, 6.07) is 21.2. The number of rotatable bonds is 9. The van der Waals surface area contributed by atoms with Crippen LogP contribution < -0.4 is 17.0 Å². The van der Waals surface area contributed by atoms with Crippen LogP contribution in [0.3, 0.4) is 0 Å². The first kappa shape index (κ1) is 20.6. The summed E-state index contributed by atoms with van der Waals surface area (Å²) >= 11 is 0. The monoisotopic (exact) mass is 389 g/mol. The summed E-state index contributed by atoms with van der Waals surface area (Å²) in [6.45, 7) is 5.89. The Bertz CT molecular complexity index is 587. The van der Waals surface area contributed by atoms with Crippen LogP contribution in [0.4, 0.5) is 0 Å². The lowest BCUT2D eigenvalue weighted by molar-refractivity contribution is -0.941. The zero-order valence-electron chi connectivity index (χ0n) is 14.4. The van der Waals surface area contributed by atoms with E-state index in [1.165, 1.54) is 11.1 Å². The van der Waals surface area contributed by atoms with Crippen molar-refractivity contribution in [2.24, 2.45) is 0 Å². The van der Waals surface area contributed by atoms with E-state index in [1.54, 1.807) is 0 Å². The quantitative estimate of drug-likeness (QED) is 0.497. The molecule has 0 aliphatic rings. The molecule has 2 atom stereocenters. The van der Waals surface area contributed by atoms with Gasteiger partial charge in [0.1, 0.15) is 12.6 Å². The van der Waals surface area contributed by atoms with Crippen LogP contribution in [0.2, 0.25) is 0 Å². The SMILES string of the molecule is C=CC[N@+](C)(Cc1ccccc1)[C@H](CO)CCc1ccccc1.[Br-]. The van der Waals surface area contributed by atoms with Crippen molar-refractivity contribution in [2.45, 2.75) is 25.4 Å². The molecule has 0 unspecified atom stereocenters. The standard InChI is InChI=1S/C21H28NO.BrH/c1-3-16-22(2,17-20-12-8-5-9-13-20)21(18-23)15-14-19-10-6-4-7-11-19;/h3-13,21,23H,1,14-18H2,2H3;1H/q+1;/p-1/t21-,22+;/m0./s1. The van der Waals surface area contributed by atoms with Gasteiger partial charge in [0.25, 0.3) is 0 Å². The second-order valence-electron chi connectivity index (χ2n) is 6.46. The van der Waals surface area contributed by atoms with Gasteiger partial charge < -0.3 is 26.6 Å². The lowest BCUT2D eigenvalue weighted by Gasteiger charge is -2.40. The summed E-state index contributed by atoms with van der Waals surface area (Å²) in [5.74, 6) is 0. The number of hydrogen-bond donors (Lipinski definition) is 1. The van der Waals surface area contributed by atoms with E-state index in [-0.39, 0.29) is 29.6 Å². The maximum atomic E-state index is 9.99. The maximum Gasteiger partial charge on any atom is 0.113 e. The minimum absolute atomic E-state index is 0. The third-order valence-electron chi connectivity index (χ3n) is 4.63. The predicted octanol–water partition coefficient (Wildman–Crippen LogP) is 0.817. The smallest absolute Gasteiger partial charge is 0.113 e. The Kier molecular flexibility index (Phi) is 8.98. The van der Waals surface area contributed by atoms with E-state index in [0.717, 1.165) is 30.4 Å². The van der Waals surface area contributed by atoms with Crippen LogP contribution in [-0.4, -0.2) is 35.8 Å². The van der Waals surface area contributed by atoms with E-state index < -0.39 is 0 Å². The fraction of sp³-hybridized carbons (Fsp3) is 0.333. The summed E-state index contributed by atoms with van der Waals surface area (Å²) in [7, 11) is 2.22. The number of aliphatic hydroxyl groups is 1. The average Bonchev–Trinajstić information content (AvgIpc) is 2.57. The van der Waals surface area contributed by atoms with Crippen LogP contribution in [0.1, 0.15) is 17.5 Å². The Morgan fingerprint density at radius 2 is 1.54 bits per heavy atom. The lowest BCUT2D eigenvalue weighted by Crippen LogP contribution is -3.00. The van der Waals surface area contributed by atoms with Crippen LogP contribution in [0.15, 0.2) is 73.3 Å². The second-order valence-corrected chi connectivity index (χ2v) is 6.46. The van der Waals surface area contributed by atoms with Crippen molar-refractivity contribution in [3.63, 3.8) is 0 Å². The van der Waals surface area contributed by atoms with Gasteiger partial charge in [-0.15, -0.1) is 0 Å². The van der Waals surface area contributed by atoms with Gasteiger partial charge in [-0.3, -0.25) is 0 Å². The molecule has 0 aliphatic heterocycles. The molecule has 2 aromatic carbocycles. The van der Waals surface area contributed by atoms with Crippen LogP contribution in [0, 0.1) is 0 Å². The second kappa shape index (κ2) is 10.4. The first-order valence-electron chi connectivity index (χ1n) is 8.32. The van der Waals surface area contributed by atoms with E-state index in [9.17, 15) is 5.11 Å². The third-order valence-corrected chi connectivity index (χ3v) is 4.63. The first-order valence-corrected chi connectivity index (χ1v) is 8.32. The molecule has 0 aliphatic carbocycles. The molecule has 0 bridgehead atoms. The van der Waals surface area contributed by atoms with Crippen molar-refractivity contribution in [1.29, 1.82) is 0 Å².